The van der Waals surface area contributed by atoms with Gasteiger partial charge >= 0.3 is 0 Å². The van der Waals surface area contributed by atoms with E-state index in [0.29, 0.717) is 0 Å². The topological polar surface area (TPSA) is 21.3 Å². The summed E-state index contributed by atoms with van der Waals surface area (Å²) in [5.41, 5.74) is 4.49. The zero-order valence-corrected chi connectivity index (χ0v) is 9.37. The Morgan fingerprint density at radius 2 is 1.81 bits per heavy atom. The van der Waals surface area contributed by atoms with Crippen LogP contribution in [0, 0.1) is 13.8 Å². The van der Waals surface area contributed by atoms with Gasteiger partial charge < -0.3 is 10.1 Å². The summed E-state index contributed by atoms with van der Waals surface area (Å²) >= 11 is 0. The molecule has 0 spiro atoms. The second-order valence-corrected chi connectivity index (χ2v) is 4.18. The summed E-state index contributed by atoms with van der Waals surface area (Å²) < 4.78 is 5.90. The Morgan fingerprint density at radius 1 is 1.00 bits per heavy atom. The van der Waals surface area contributed by atoms with Crippen molar-refractivity contribution in [2.75, 3.05) is 5.32 Å². The molecule has 2 aromatic rings. The average molecular weight is 211 g/mol. The maximum Gasteiger partial charge on any atom is 0.153 e. The van der Waals surface area contributed by atoms with Crippen molar-refractivity contribution in [3.05, 3.63) is 47.5 Å². The Hall–Kier alpha value is -1.96. The second-order valence-electron chi connectivity index (χ2n) is 4.18. The molecule has 16 heavy (non-hydrogen) atoms. The first kappa shape index (κ1) is 9.28. The van der Waals surface area contributed by atoms with E-state index in [2.05, 4.69) is 31.3 Å². The average Bonchev–Trinajstić information content (AvgIpc) is 2.27. The van der Waals surface area contributed by atoms with E-state index in [9.17, 15) is 0 Å². The lowest BCUT2D eigenvalue weighted by atomic mass is 10.1. The molecule has 0 aromatic heterocycles. The monoisotopic (exact) mass is 211 g/mol. The fourth-order valence-electron chi connectivity index (χ4n) is 2.10. The molecule has 0 saturated heterocycles. The molecule has 1 aliphatic rings. The quantitative estimate of drug-likeness (QED) is 0.603. The molecule has 0 atom stereocenters. The number of benzene rings is 2. The van der Waals surface area contributed by atoms with E-state index < -0.39 is 0 Å². The molecule has 0 radical (unpaired) electrons. The predicted molar refractivity (Wildman–Crippen MR) is 65.7 cm³/mol. The van der Waals surface area contributed by atoms with Gasteiger partial charge in [-0.1, -0.05) is 18.2 Å². The fraction of sp³-hybridized carbons (Fsp3) is 0.143. The number of ether oxygens (including phenoxy) is 1. The van der Waals surface area contributed by atoms with E-state index in [1.54, 1.807) is 0 Å². The third-order valence-electron chi connectivity index (χ3n) is 2.79. The van der Waals surface area contributed by atoms with Gasteiger partial charge in [0.25, 0.3) is 0 Å². The number of fused-ring (bicyclic) bond motifs is 2. The van der Waals surface area contributed by atoms with Crippen molar-refractivity contribution in [3.63, 3.8) is 0 Å². The van der Waals surface area contributed by atoms with Crippen molar-refractivity contribution < 1.29 is 4.74 Å². The first-order valence-electron chi connectivity index (χ1n) is 5.39. The van der Waals surface area contributed by atoms with Crippen LogP contribution in [0.2, 0.25) is 0 Å². The van der Waals surface area contributed by atoms with Gasteiger partial charge in [-0.15, -0.1) is 0 Å². The second kappa shape index (κ2) is 3.27. The molecule has 2 nitrogen and oxygen atoms in total. The van der Waals surface area contributed by atoms with Crippen molar-refractivity contribution in [2.45, 2.75) is 13.8 Å². The lowest BCUT2D eigenvalue weighted by Crippen LogP contribution is -2.04. The molecule has 1 N–H and O–H groups in total. The highest BCUT2D eigenvalue weighted by atomic mass is 16.5. The van der Waals surface area contributed by atoms with E-state index >= 15 is 0 Å². The minimum atomic E-state index is 0.891. The summed E-state index contributed by atoms with van der Waals surface area (Å²) in [5.74, 6) is 1.83. The molecule has 0 fully saturated rings. The van der Waals surface area contributed by atoms with E-state index in [1.165, 1.54) is 5.56 Å². The van der Waals surface area contributed by atoms with Gasteiger partial charge in [0.15, 0.2) is 11.5 Å². The summed E-state index contributed by atoms with van der Waals surface area (Å²) in [6.07, 6.45) is 0. The van der Waals surface area contributed by atoms with Gasteiger partial charge in [-0.3, -0.25) is 0 Å². The van der Waals surface area contributed by atoms with Gasteiger partial charge in [0.1, 0.15) is 0 Å². The van der Waals surface area contributed by atoms with Gasteiger partial charge in [0, 0.05) is 0 Å². The summed E-state index contributed by atoms with van der Waals surface area (Å²) in [6, 6.07) is 12.2. The van der Waals surface area contributed by atoms with Crippen LogP contribution >= 0.6 is 0 Å². The highest BCUT2D eigenvalue weighted by Crippen LogP contribution is 2.43. The Balaban J connectivity index is 2.15. The van der Waals surface area contributed by atoms with Crippen LogP contribution in [0.1, 0.15) is 11.1 Å². The number of hydrogen-bond donors (Lipinski definition) is 1. The van der Waals surface area contributed by atoms with Gasteiger partial charge in [-0.2, -0.15) is 0 Å². The number of rotatable bonds is 0. The number of anilines is 2. The Labute approximate surface area is 94.9 Å². The van der Waals surface area contributed by atoms with Gasteiger partial charge in [0.05, 0.1) is 11.4 Å². The molecular weight excluding hydrogens is 198 g/mol. The van der Waals surface area contributed by atoms with Crippen LogP contribution in [0.5, 0.6) is 11.5 Å². The third-order valence-corrected chi connectivity index (χ3v) is 2.79. The number of hydrogen-bond acceptors (Lipinski definition) is 2. The van der Waals surface area contributed by atoms with Crippen LogP contribution in [-0.2, 0) is 0 Å². The molecule has 3 rings (SSSR count). The zero-order chi connectivity index (χ0) is 11.1. The SMILES string of the molecule is Cc1cc(C)c2c(c1)Nc1ccccc1O2. The van der Waals surface area contributed by atoms with E-state index in [1.807, 2.05) is 24.3 Å². The molecule has 0 bridgehead atoms. The van der Waals surface area contributed by atoms with Crippen molar-refractivity contribution in [1.82, 2.24) is 0 Å². The summed E-state index contributed by atoms with van der Waals surface area (Å²) in [4.78, 5) is 0. The molecule has 1 aliphatic heterocycles. The predicted octanol–water partition coefficient (Wildman–Crippen LogP) is 4.15. The highest BCUT2D eigenvalue weighted by molar-refractivity contribution is 5.77. The molecule has 0 aliphatic carbocycles. The molecule has 0 unspecified atom stereocenters. The molecule has 80 valence electrons. The first-order chi connectivity index (χ1) is 7.74. The maximum absolute atomic E-state index is 5.90. The minimum Gasteiger partial charge on any atom is -0.453 e. The maximum atomic E-state index is 5.90. The van der Waals surface area contributed by atoms with Crippen LogP contribution in [-0.4, -0.2) is 0 Å². The van der Waals surface area contributed by atoms with Crippen LogP contribution in [0.3, 0.4) is 0 Å². The largest absolute Gasteiger partial charge is 0.453 e. The number of para-hydroxylation sites is 2. The van der Waals surface area contributed by atoms with Gasteiger partial charge in [-0.05, 0) is 43.2 Å². The normalized spacial score (nSPS) is 12.1. The van der Waals surface area contributed by atoms with E-state index in [4.69, 9.17) is 4.74 Å². The fourth-order valence-corrected chi connectivity index (χ4v) is 2.10. The Kier molecular flexibility index (Phi) is 1.90. The van der Waals surface area contributed by atoms with Gasteiger partial charge in [-0.25, -0.2) is 0 Å². The van der Waals surface area contributed by atoms with Crippen molar-refractivity contribution in [3.8, 4) is 11.5 Å². The van der Waals surface area contributed by atoms with E-state index in [-0.39, 0.29) is 0 Å². The Bertz CT molecular complexity index is 561. The number of aryl methyl sites for hydroxylation is 2. The number of nitrogens with one attached hydrogen (secondary N) is 1. The van der Waals surface area contributed by atoms with Gasteiger partial charge in [0.2, 0.25) is 0 Å². The highest BCUT2D eigenvalue weighted by Gasteiger charge is 2.17. The van der Waals surface area contributed by atoms with Crippen molar-refractivity contribution in [2.24, 2.45) is 0 Å². The molecule has 0 amide bonds. The molecule has 2 heteroatoms. The standard InChI is InChI=1S/C14H13NO/c1-9-7-10(2)14-12(8-9)15-11-5-3-4-6-13(11)16-14/h3-8,15H,1-2H3. The van der Waals surface area contributed by atoms with Crippen LogP contribution in [0.15, 0.2) is 36.4 Å². The Morgan fingerprint density at radius 3 is 2.69 bits per heavy atom. The van der Waals surface area contributed by atoms with Crippen molar-refractivity contribution in [1.29, 1.82) is 0 Å². The summed E-state index contributed by atoms with van der Waals surface area (Å²) in [7, 11) is 0. The molecule has 1 heterocycles. The third kappa shape index (κ3) is 1.34. The molecule has 0 saturated carbocycles. The lowest BCUT2D eigenvalue weighted by molar-refractivity contribution is 0.477. The summed E-state index contributed by atoms with van der Waals surface area (Å²) in [5, 5.41) is 3.40. The lowest BCUT2D eigenvalue weighted by Gasteiger charge is -2.23. The van der Waals surface area contributed by atoms with Crippen molar-refractivity contribution >= 4 is 11.4 Å². The smallest absolute Gasteiger partial charge is 0.153 e. The van der Waals surface area contributed by atoms with Crippen LogP contribution < -0.4 is 10.1 Å². The summed E-state index contributed by atoms with van der Waals surface area (Å²) in [6.45, 7) is 4.16. The molecular formula is C14H13NO. The zero-order valence-electron chi connectivity index (χ0n) is 9.37. The van der Waals surface area contributed by atoms with Crippen LogP contribution in [0.25, 0.3) is 0 Å². The van der Waals surface area contributed by atoms with Crippen LogP contribution in [0.4, 0.5) is 11.4 Å². The first-order valence-corrected chi connectivity index (χ1v) is 5.39. The molecule has 2 aromatic carbocycles. The minimum absolute atomic E-state index is 0.891. The van der Waals surface area contributed by atoms with E-state index in [0.717, 1.165) is 28.4 Å².